The number of nitro groups is 2. The van der Waals surface area contributed by atoms with Gasteiger partial charge in [-0.15, -0.1) is 0 Å². The maximum atomic E-state index is 11.7. The Morgan fingerprint density at radius 1 is 0.744 bits per heavy atom. The minimum absolute atomic E-state index is 0.0839. The number of aromatic hydroxyl groups is 1. The van der Waals surface area contributed by atoms with Crippen molar-refractivity contribution in [2.75, 3.05) is 28.4 Å². The molecule has 0 saturated carbocycles. The predicted molar refractivity (Wildman–Crippen MR) is 134 cm³/mol. The number of hydrogen-bond donors (Lipinski definition) is 1. The number of carbonyl (C=O) groups excluding carboxylic acids is 2. The maximum Gasteiger partial charge on any atom is 0.345 e. The molecule has 0 atom stereocenters. The van der Waals surface area contributed by atoms with E-state index in [-0.39, 0.29) is 40.7 Å². The highest BCUT2D eigenvalue weighted by atomic mass is 16.6. The van der Waals surface area contributed by atoms with Gasteiger partial charge >= 0.3 is 11.9 Å². The van der Waals surface area contributed by atoms with Crippen LogP contribution >= 0.6 is 0 Å². The highest BCUT2D eigenvalue weighted by Gasteiger charge is 2.26. The van der Waals surface area contributed by atoms with Crippen molar-refractivity contribution in [1.29, 1.82) is 0 Å². The average molecular weight is 544 g/mol. The number of carbonyl (C=O) groups is 2. The maximum absolute atomic E-state index is 11.7. The molecule has 39 heavy (non-hydrogen) atoms. The van der Waals surface area contributed by atoms with Gasteiger partial charge in [-0.3, -0.25) is 20.2 Å². The third-order valence-corrected chi connectivity index (χ3v) is 5.02. The number of phenolic OH excluding ortho intramolecular Hbond substituents is 1. The van der Waals surface area contributed by atoms with E-state index in [0.717, 1.165) is 38.0 Å². The first kappa shape index (κ1) is 29.8. The molecule has 0 aromatic heterocycles. The zero-order chi connectivity index (χ0) is 29.1. The number of methoxy groups -OCH3 is 4. The molecule has 14 nitrogen and oxygen atoms in total. The van der Waals surface area contributed by atoms with E-state index >= 15 is 0 Å². The van der Waals surface area contributed by atoms with Gasteiger partial charge in [0.25, 0.3) is 11.4 Å². The van der Waals surface area contributed by atoms with Crippen LogP contribution in [0.2, 0.25) is 0 Å². The van der Waals surface area contributed by atoms with E-state index < -0.39 is 33.2 Å². The lowest BCUT2D eigenvalue weighted by Gasteiger charge is -2.12. The fourth-order valence-electron chi connectivity index (χ4n) is 3.13. The Kier molecular flexibility index (Phi) is 10.5. The molecule has 0 unspecified atom stereocenters. The summed E-state index contributed by atoms with van der Waals surface area (Å²) in [7, 11) is 4.86. The monoisotopic (exact) mass is 544 g/mol. The molecule has 1 N–H and O–H groups in total. The SMILES string of the molecule is COC(=O)c1cc(O)c(OC)cc1[N+](=O)[O-].COC(=O)c1cc(OCc2ccccc2)c(OC)cc1[N+](=O)[O-]. The molecule has 0 saturated heterocycles. The van der Waals surface area contributed by atoms with Crippen LogP contribution in [0.1, 0.15) is 26.3 Å². The van der Waals surface area contributed by atoms with Gasteiger partial charge in [0.05, 0.1) is 50.4 Å². The molecule has 0 aliphatic heterocycles. The number of hydrogen-bond acceptors (Lipinski definition) is 12. The summed E-state index contributed by atoms with van der Waals surface area (Å²) in [5.74, 6) is -1.77. The summed E-state index contributed by atoms with van der Waals surface area (Å²) in [6.07, 6.45) is 0. The molecule has 0 heterocycles. The Hall–Kier alpha value is -5.40. The first-order valence-electron chi connectivity index (χ1n) is 10.8. The minimum Gasteiger partial charge on any atom is -0.504 e. The van der Waals surface area contributed by atoms with E-state index in [1.807, 2.05) is 30.3 Å². The van der Waals surface area contributed by atoms with Gasteiger partial charge in [-0.05, 0) is 5.56 Å². The molecule has 0 bridgehead atoms. The number of nitrogens with zero attached hydrogens (tertiary/aromatic N) is 2. The van der Waals surface area contributed by atoms with Gasteiger partial charge in [-0.2, -0.15) is 0 Å². The summed E-state index contributed by atoms with van der Waals surface area (Å²) >= 11 is 0. The molecule has 206 valence electrons. The van der Waals surface area contributed by atoms with E-state index in [2.05, 4.69) is 9.47 Å². The number of benzene rings is 3. The van der Waals surface area contributed by atoms with Crippen LogP contribution in [0.4, 0.5) is 11.4 Å². The number of esters is 2. The normalized spacial score (nSPS) is 9.85. The molecule has 3 aromatic rings. The molecule has 0 amide bonds. The fourth-order valence-corrected chi connectivity index (χ4v) is 3.13. The van der Waals surface area contributed by atoms with E-state index in [0.29, 0.717) is 0 Å². The largest absolute Gasteiger partial charge is 0.504 e. The van der Waals surface area contributed by atoms with E-state index in [1.165, 1.54) is 20.3 Å². The summed E-state index contributed by atoms with van der Waals surface area (Å²) in [6.45, 7) is 0.232. The first-order chi connectivity index (χ1) is 18.6. The Bertz CT molecular complexity index is 1360. The van der Waals surface area contributed by atoms with Crippen molar-refractivity contribution < 1.29 is 48.2 Å². The number of ether oxygens (including phenoxy) is 5. The summed E-state index contributed by atoms with van der Waals surface area (Å²) < 4.78 is 24.4. The van der Waals surface area contributed by atoms with Crippen molar-refractivity contribution >= 4 is 23.3 Å². The van der Waals surface area contributed by atoms with Crippen molar-refractivity contribution in [3.05, 3.63) is 91.5 Å². The standard InChI is InChI=1S/C16H15NO6.C9H9NO6/c1-21-14-9-13(17(19)20)12(16(18)22-2)8-15(14)23-10-11-6-4-3-5-7-11;1-15-8-4-6(10(13)14)5(3-7(8)11)9(12)16-2/h3-9H,10H2,1-2H3;3-4,11H,1-2H3. The first-order valence-corrected chi connectivity index (χ1v) is 10.8. The molecule has 0 radical (unpaired) electrons. The van der Waals surface area contributed by atoms with Crippen LogP contribution < -0.4 is 14.2 Å². The lowest BCUT2D eigenvalue weighted by Crippen LogP contribution is -2.07. The van der Waals surface area contributed by atoms with Crippen LogP contribution in [-0.2, 0) is 16.1 Å². The van der Waals surface area contributed by atoms with Gasteiger partial charge in [0.15, 0.2) is 23.0 Å². The summed E-state index contributed by atoms with van der Waals surface area (Å²) in [4.78, 5) is 43.3. The molecule has 3 rings (SSSR count). The van der Waals surface area contributed by atoms with E-state index in [9.17, 15) is 34.9 Å². The van der Waals surface area contributed by atoms with Gasteiger partial charge in [0, 0.05) is 12.1 Å². The van der Waals surface area contributed by atoms with Crippen molar-refractivity contribution in [3.63, 3.8) is 0 Å². The van der Waals surface area contributed by atoms with Crippen molar-refractivity contribution in [1.82, 2.24) is 0 Å². The second kappa shape index (κ2) is 13.8. The van der Waals surface area contributed by atoms with Gasteiger partial charge in [-0.25, -0.2) is 9.59 Å². The highest BCUT2D eigenvalue weighted by molar-refractivity contribution is 5.95. The van der Waals surface area contributed by atoms with Crippen LogP contribution in [0.5, 0.6) is 23.0 Å². The lowest BCUT2D eigenvalue weighted by atomic mass is 10.1. The molecule has 3 aromatic carbocycles. The third-order valence-electron chi connectivity index (χ3n) is 5.02. The Balaban J connectivity index is 0.000000293. The molecule has 0 aliphatic rings. The Morgan fingerprint density at radius 3 is 1.69 bits per heavy atom. The van der Waals surface area contributed by atoms with Gasteiger partial charge in [-0.1, -0.05) is 30.3 Å². The molecule has 0 aliphatic carbocycles. The van der Waals surface area contributed by atoms with Crippen LogP contribution in [0.25, 0.3) is 0 Å². The molecule has 0 spiro atoms. The number of nitro benzene ring substituents is 2. The van der Waals surface area contributed by atoms with Crippen molar-refractivity contribution in [3.8, 4) is 23.0 Å². The number of phenols is 1. The summed E-state index contributed by atoms with van der Waals surface area (Å²) in [6, 6.07) is 13.7. The molecular weight excluding hydrogens is 520 g/mol. The van der Waals surface area contributed by atoms with E-state index in [4.69, 9.17) is 14.2 Å². The Labute approximate surface area is 221 Å². The third kappa shape index (κ3) is 7.55. The van der Waals surface area contributed by atoms with E-state index in [1.54, 1.807) is 0 Å². The zero-order valence-electron chi connectivity index (χ0n) is 21.2. The van der Waals surface area contributed by atoms with Crippen LogP contribution in [0.3, 0.4) is 0 Å². The summed E-state index contributed by atoms with van der Waals surface area (Å²) in [5.41, 5.74) is -0.498. The second-order valence-electron chi connectivity index (χ2n) is 7.33. The quantitative estimate of drug-likeness (QED) is 0.231. The fraction of sp³-hybridized carbons (Fsp3) is 0.200. The molecule has 14 heteroatoms. The lowest BCUT2D eigenvalue weighted by molar-refractivity contribution is -0.385. The van der Waals surface area contributed by atoms with Crippen LogP contribution in [0.15, 0.2) is 54.6 Å². The summed E-state index contributed by atoms with van der Waals surface area (Å²) in [5, 5.41) is 31.2. The molecular formula is C25H24N2O12. The Morgan fingerprint density at radius 2 is 1.23 bits per heavy atom. The minimum atomic E-state index is -0.898. The average Bonchev–Trinajstić information content (AvgIpc) is 2.95. The van der Waals surface area contributed by atoms with Gasteiger partial charge in [0.2, 0.25) is 0 Å². The topological polar surface area (TPSA) is 187 Å². The smallest absolute Gasteiger partial charge is 0.345 e. The number of rotatable bonds is 9. The molecule has 0 fully saturated rings. The zero-order valence-corrected chi connectivity index (χ0v) is 21.2. The second-order valence-corrected chi connectivity index (χ2v) is 7.33. The van der Waals surface area contributed by atoms with Crippen molar-refractivity contribution in [2.45, 2.75) is 6.61 Å². The predicted octanol–water partition coefficient (Wildman–Crippen LogP) is 4.06. The van der Waals surface area contributed by atoms with Gasteiger partial charge < -0.3 is 28.8 Å². The van der Waals surface area contributed by atoms with Crippen LogP contribution in [-0.4, -0.2) is 55.3 Å². The van der Waals surface area contributed by atoms with Gasteiger partial charge in [0.1, 0.15) is 17.7 Å². The van der Waals surface area contributed by atoms with Crippen LogP contribution in [0, 0.1) is 20.2 Å². The van der Waals surface area contributed by atoms with Crippen molar-refractivity contribution in [2.24, 2.45) is 0 Å². The highest BCUT2D eigenvalue weighted by Crippen LogP contribution is 2.36.